The van der Waals surface area contributed by atoms with Crippen molar-refractivity contribution in [3.63, 3.8) is 0 Å². The zero-order chi connectivity index (χ0) is 22.2. The molecule has 1 aromatic carbocycles. The van der Waals surface area contributed by atoms with Crippen LogP contribution in [0.15, 0.2) is 42.9 Å². The van der Waals surface area contributed by atoms with Gasteiger partial charge in [0.05, 0.1) is 18.3 Å². The molecule has 0 amide bonds. The van der Waals surface area contributed by atoms with Crippen LogP contribution >= 0.6 is 0 Å². The summed E-state index contributed by atoms with van der Waals surface area (Å²) in [6, 6.07) is 5.98. The summed E-state index contributed by atoms with van der Waals surface area (Å²) >= 11 is 0. The molecule has 0 saturated heterocycles. The van der Waals surface area contributed by atoms with Crippen LogP contribution < -0.4 is 5.32 Å². The van der Waals surface area contributed by atoms with Crippen molar-refractivity contribution in [3.05, 3.63) is 54.1 Å². The molecule has 3 aromatic rings. The summed E-state index contributed by atoms with van der Waals surface area (Å²) in [6.45, 7) is 1.82. The lowest BCUT2D eigenvalue weighted by molar-refractivity contribution is -0.141. The number of aromatic nitrogens is 4. The maximum absolute atomic E-state index is 12.9. The number of anilines is 2. The molecule has 1 saturated carbocycles. The normalized spacial score (nSPS) is 21.8. The highest BCUT2D eigenvalue weighted by Gasteiger charge is 2.33. The number of rotatable bonds is 4. The Morgan fingerprint density at radius 3 is 2.68 bits per heavy atom. The zero-order valence-corrected chi connectivity index (χ0v) is 16.7. The summed E-state index contributed by atoms with van der Waals surface area (Å²) in [7, 11) is 0. The number of aliphatic hydroxyl groups is 2. The van der Waals surface area contributed by atoms with Gasteiger partial charge in [0, 0.05) is 23.6 Å². The molecule has 0 aliphatic heterocycles. The molecule has 7 nitrogen and oxygen atoms in total. The average molecular weight is 433 g/mol. The van der Waals surface area contributed by atoms with E-state index >= 15 is 0 Å². The van der Waals surface area contributed by atoms with Gasteiger partial charge in [-0.15, -0.1) is 0 Å². The van der Waals surface area contributed by atoms with Gasteiger partial charge in [0.1, 0.15) is 11.8 Å². The largest absolute Gasteiger partial charge is 0.433 e. The second-order valence-corrected chi connectivity index (χ2v) is 7.68. The van der Waals surface area contributed by atoms with Gasteiger partial charge < -0.3 is 15.5 Å². The van der Waals surface area contributed by atoms with Gasteiger partial charge in [0.25, 0.3) is 0 Å². The second-order valence-electron chi connectivity index (χ2n) is 7.68. The van der Waals surface area contributed by atoms with Gasteiger partial charge in [-0.1, -0.05) is 6.07 Å². The minimum Gasteiger partial charge on any atom is -0.390 e. The Hall–Kier alpha value is -2.98. The van der Waals surface area contributed by atoms with E-state index in [2.05, 4.69) is 20.4 Å². The van der Waals surface area contributed by atoms with E-state index in [9.17, 15) is 23.4 Å². The molecule has 4 rings (SSSR count). The van der Waals surface area contributed by atoms with Crippen molar-refractivity contribution < 1.29 is 23.4 Å². The third-order valence-electron chi connectivity index (χ3n) is 5.48. The zero-order valence-electron chi connectivity index (χ0n) is 16.7. The Morgan fingerprint density at radius 2 is 1.94 bits per heavy atom. The van der Waals surface area contributed by atoms with Crippen LogP contribution in [0.4, 0.5) is 24.8 Å². The molecule has 3 atom stereocenters. The number of nitrogens with zero attached hydrogens (tertiary/aromatic N) is 4. The third kappa shape index (κ3) is 4.54. The van der Waals surface area contributed by atoms with Crippen molar-refractivity contribution in [1.29, 1.82) is 0 Å². The smallest absolute Gasteiger partial charge is 0.390 e. The molecule has 31 heavy (non-hydrogen) atoms. The van der Waals surface area contributed by atoms with Gasteiger partial charge in [-0.2, -0.15) is 18.3 Å². The van der Waals surface area contributed by atoms with Gasteiger partial charge in [0.15, 0.2) is 0 Å². The van der Waals surface area contributed by atoms with Crippen LogP contribution in [-0.2, 0) is 6.18 Å². The van der Waals surface area contributed by atoms with E-state index in [-0.39, 0.29) is 12.0 Å². The minimum absolute atomic E-state index is 0.136. The number of nitrogens with one attached hydrogen (secondary N) is 1. The number of benzene rings is 1. The van der Waals surface area contributed by atoms with Gasteiger partial charge in [-0.3, -0.25) is 4.68 Å². The SMILES string of the molecule is Cc1cc(-c2cnn(C3CCC[C@@H](O)[C@H]3O)c2)ccc1Nc1nccc(C(F)(F)F)n1. The van der Waals surface area contributed by atoms with Crippen LogP contribution in [0.25, 0.3) is 11.1 Å². The average Bonchev–Trinajstić information content (AvgIpc) is 3.21. The maximum atomic E-state index is 12.9. The Labute approximate surface area is 176 Å². The van der Waals surface area contributed by atoms with Crippen LogP contribution in [0.5, 0.6) is 0 Å². The summed E-state index contributed by atoms with van der Waals surface area (Å²) < 4.78 is 40.2. The van der Waals surface area contributed by atoms with Crippen LogP contribution in [-0.4, -0.2) is 42.2 Å². The van der Waals surface area contributed by atoms with Gasteiger partial charge in [0.2, 0.25) is 5.95 Å². The fraction of sp³-hybridized carbons (Fsp3) is 0.381. The number of halogens is 3. The van der Waals surface area contributed by atoms with Gasteiger partial charge in [-0.25, -0.2) is 9.97 Å². The number of hydrogen-bond acceptors (Lipinski definition) is 6. The molecule has 1 fully saturated rings. The topological polar surface area (TPSA) is 96.1 Å². The second kappa shape index (κ2) is 8.27. The molecule has 1 aliphatic carbocycles. The lowest BCUT2D eigenvalue weighted by Gasteiger charge is -2.31. The van der Waals surface area contributed by atoms with E-state index in [1.54, 1.807) is 16.9 Å². The van der Waals surface area contributed by atoms with Gasteiger partial charge >= 0.3 is 6.18 Å². The lowest BCUT2D eigenvalue weighted by atomic mass is 9.90. The van der Waals surface area contributed by atoms with Crippen molar-refractivity contribution in [2.24, 2.45) is 0 Å². The standard InChI is InChI=1S/C21H22F3N5O2/c1-12-9-13(14-10-26-29(11-14)16-3-2-4-17(30)19(16)31)5-6-15(12)27-20-25-8-7-18(28-20)21(22,23)24/h5-11,16-17,19,30-31H,2-4H2,1H3,(H,25,27,28)/t16?,17-,19+/m1/s1. The fourth-order valence-electron chi connectivity index (χ4n) is 3.77. The van der Waals surface area contributed by atoms with Crippen molar-refractivity contribution in [1.82, 2.24) is 19.7 Å². The molecular formula is C21H22F3N5O2. The first kappa shape index (κ1) is 21.3. The summed E-state index contributed by atoms with van der Waals surface area (Å²) in [4.78, 5) is 7.38. The molecule has 1 unspecified atom stereocenters. The summed E-state index contributed by atoms with van der Waals surface area (Å²) in [5.41, 5.74) is 2.06. The van der Waals surface area contributed by atoms with Crippen molar-refractivity contribution >= 4 is 11.6 Å². The van der Waals surface area contributed by atoms with Crippen LogP contribution in [0.1, 0.15) is 36.6 Å². The Balaban J connectivity index is 1.53. The molecule has 0 bridgehead atoms. The Morgan fingerprint density at radius 1 is 1.13 bits per heavy atom. The molecule has 1 aliphatic rings. The number of aliphatic hydroxyl groups excluding tert-OH is 2. The molecular weight excluding hydrogens is 411 g/mol. The van der Waals surface area contributed by atoms with Crippen LogP contribution in [0.2, 0.25) is 0 Å². The van der Waals surface area contributed by atoms with Crippen molar-refractivity contribution in [2.75, 3.05) is 5.32 Å². The Kier molecular flexibility index (Phi) is 5.67. The van der Waals surface area contributed by atoms with Gasteiger partial charge in [-0.05, 0) is 55.5 Å². The molecule has 10 heteroatoms. The summed E-state index contributed by atoms with van der Waals surface area (Å²) in [5.74, 6) is -0.136. The monoisotopic (exact) mass is 433 g/mol. The highest BCUT2D eigenvalue weighted by Crippen LogP contribution is 2.32. The first-order valence-electron chi connectivity index (χ1n) is 9.91. The highest BCUT2D eigenvalue weighted by molar-refractivity contribution is 5.69. The van der Waals surface area contributed by atoms with E-state index in [4.69, 9.17) is 0 Å². The first-order valence-corrected chi connectivity index (χ1v) is 9.91. The predicted molar refractivity (Wildman–Crippen MR) is 108 cm³/mol. The lowest BCUT2D eigenvalue weighted by Crippen LogP contribution is -2.38. The highest BCUT2D eigenvalue weighted by atomic mass is 19.4. The molecule has 0 spiro atoms. The fourth-order valence-corrected chi connectivity index (χ4v) is 3.77. The molecule has 3 N–H and O–H groups in total. The van der Waals surface area contributed by atoms with E-state index < -0.39 is 24.1 Å². The maximum Gasteiger partial charge on any atom is 0.433 e. The number of aryl methyl sites for hydroxylation is 1. The minimum atomic E-state index is -4.54. The van der Waals surface area contributed by atoms with E-state index in [1.165, 1.54) is 0 Å². The summed E-state index contributed by atoms with van der Waals surface area (Å²) in [5, 5.41) is 27.4. The van der Waals surface area contributed by atoms with Crippen LogP contribution in [0, 0.1) is 6.92 Å². The molecule has 2 heterocycles. The van der Waals surface area contributed by atoms with Crippen molar-refractivity contribution in [2.45, 2.75) is 50.6 Å². The molecule has 0 radical (unpaired) electrons. The number of hydrogen-bond donors (Lipinski definition) is 3. The van der Waals surface area contributed by atoms with E-state index in [0.29, 0.717) is 12.1 Å². The molecule has 2 aromatic heterocycles. The molecule has 164 valence electrons. The predicted octanol–water partition coefficient (Wildman–Crippen LogP) is 3.86. The summed E-state index contributed by atoms with van der Waals surface area (Å²) in [6.07, 6.45) is 0.546. The quantitative estimate of drug-likeness (QED) is 0.578. The number of alkyl halides is 3. The van der Waals surface area contributed by atoms with E-state index in [1.807, 2.05) is 25.3 Å². The van der Waals surface area contributed by atoms with Crippen molar-refractivity contribution in [3.8, 4) is 11.1 Å². The first-order chi connectivity index (χ1) is 14.7. The third-order valence-corrected chi connectivity index (χ3v) is 5.48. The van der Waals surface area contributed by atoms with Crippen LogP contribution in [0.3, 0.4) is 0 Å². The van der Waals surface area contributed by atoms with E-state index in [0.717, 1.165) is 41.8 Å². The Bertz CT molecular complexity index is 1070.